The van der Waals surface area contributed by atoms with E-state index in [1.807, 2.05) is 0 Å². The summed E-state index contributed by atoms with van der Waals surface area (Å²) in [5.74, 6) is -0.820. The van der Waals surface area contributed by atoms with Crippen molar-refractivity contribution in [2.24, 2.45) is 7.05 Å². The molecule has 0 atom stereocenters. The number of aryl methyl sites for hydroxylation is 1. The van der Waals surface area contributed by atoms with Gasteiger partial charge in [-0.15, -0.1) is 0 Å². The van der Waals surface area contributed by atoms with Crippen LogP contribution in [0.25, 0.3) is 11.1 Å². The Kier molecular flexibility index (Phi) is 7.55. The van der Waals surface area contributed by atoms with Gasteiger partial charge in [0.1, 0.15) is 11.6 Å². The molecule has 3 aromatic heterocycles. The molecule has 0 bridgehead atoms. The molecule has 3 N–H and O–H groups in total. The second-order valence-corrected chi connectivity index (χ2v) is 10.2. The van der Waals surface area contributed by atoms with E-state index in [0.29, 0.717) is 22.5 Å². The van der Waals surface area contributed by atoms with Crippen LogP contribution >= 0.6 is 0 Å². The van der Waals surface area contributed by atoms with Crippen LogP contribution in [0.2, 0.25) is 0 Å². The summed E-state index contributed by atoms with van der Waals surface area (Å²) in [6.45, 7) is 0. The summed E-state index contributed by atoms with van der Waals surface area (Å²) in [6.07, 6.45) is 5.77. The summed E-state index contributed by atoms with van der Waals surface area (Å²) in [5, 5.41) is 10.2. The predicted molar refractivity (Wildman–Crippen MR) is 141 cm³/mol. The van der Waals surface area contributed by atoms with Crippen molar-refractivity contribution in [2.75, 3.05) is 35.4 Å². The highest BCUT2D eigenvalue weighted by atomic mass is 32.2. The van der Waals surface area contributed by atoms with Crippen LogP contribution in [0.4, 0.5) is 33.1 Å². The van der Waals surface area contributed by atoms with Gasteiger partial charge in [0.25, 0.3) is 5.91 Å². The first kappa shape index (κ1) is 26.5. The lowest BCUT2D eigenvalue weighted by atomic mass is 10.1. The maximum atomic E-state index is 13.6. The molecule has 1 amide bonds. The summed E-state index contributed by atoms with van der Waals surface area (Å²) in [4.78, 5) is 25.5. The number of hydrogen-bond acceptors (Lipinski definition) is 9. The molecule has 4 aromatic rings. The minimum Gasteiger partial charge on any atom is -0.353 e. The minimum absolute atomic E-state index is 0.101. The van der Waals surface area contributed by atoms with Crippen molar-refractivity contribution in [3.8, 4) is 11.1 Å². The molecule has 0 spiro atoms. The zero-order valence-electron chi connectivity index (χ0n) is 20.9. The number of aromatic nitrogens is 4. The highest BCUT2D eigenvalue weighted by Gasteiger charge is 2.23. The standard InChI is InChI=1S/C24H25FN8O4S/c1-32-14-15(12-27-32)16-7-5-8-18(23(16)33(2)38(4,35)36)28-19-11-22(26-13-17(19)24(34)31-37-3)30-21-10-6-9-20(25)29-21/h5-14H,1-4H3,(H,31,34)(H2,26,28,29,30). The number of sulfonamides is 1. The fourth-order valence-corrected chi connectivity index (χ4v) is 4.18. The van der Waals surface area contributed by atoms with Gasteiger partial charge in [0, 0.05) is 43.7 Å². The van der Waals surface area contributed by atoms with Crippen molar-refractivity contribution < 1.29 is 22.4 Å². The number of benzene rings is 1. The minimum atomic E-state index is -3.68. The van der Waals surface area contributed by atoms with Gasteiger partial charge in [-0.25, -0.2) is 23.9 Å². The van der Waals surface area contributed by atoms with Gasteiger partial charge in [-0.1, -0.05) is 18.2 Å². The zero-order valence-corrected chi connectivity index (χ0v) is 21.7. The topological polar surface area (TPSA) is 143 Å². The Balaban J connectivity index is 1.84. The zero-order chi connectivity index (χ0) is 27.4. The number of carbonyl (C=O) groups excluding carboxylic acids is 1. The third-order valence-electron chi connectivity index (χ3n) is 5.45. The van der Waals surface area contributed by atoms with Crippen molar-refractivity contribution in [3.63, 3.8) is 0 Å². The normalized spacial score (nSPS) is 11.2. The number of nitrogens with one attached hydrogen (secondary N) is 3. The molecule has 0 aliphatic rings. The number of carbonyl (C=O) groups is 1. The molecule has 0 unspecified atom stereocenters. The van der Waals surface area contributed by atoms with E-state index in [9.17, 15) is 17.6 Å². The first-order valence-corrected chi connectivity index (χ1v) is 13.0. The summed E-state index contributed by atoms with van der Waals surface area (Å²) in [7, 11) is 0.797. The lowest BCUT2D eigenvalue weighted by Gasteiger charge is -2.24. The summed E-state index contributed by atoms with van der Waals surface area (Å²) >= 11 is 0. The Morgan fingerprint density at radius 2 is 1.84 bits per heavy atom. The van der Waals surface area contributed by atoms with E-state index < -0.39 is 21.9 Å². The summed E-state index contributed by atoms with van der Waals surface area (Å²) < 4.78 is 41.5. The smallest absolute Gasteiger partial charge is 0.278 e. The molecule has 0 aliphatic carbocycles. The van der Waals surface area contributed by atoms with Crippen LogP contribution < -0.4 is 20.4 Å². The fourth-order valence-electron chi connectivity index (χ4n) is 3.65. The molecule has 0 saturated heterocycles. The fraction of sp³-hybridized carbons (Fsp3) is 0.167. The van der Waals surface area contributed by atoms with Gasteiger partial charge in [0.05, 0.1) is 42.2 Å². The Morgan fingerprint density at radius 3 is 2.50 bits per heavy atom. The number of hydrogen-bond donors (Lipinski definition) is 3. The van der Waals surface area contributed by atoms with E-state index in [2.05, 4.69) is 31.2 Å². The van der Waals surface area contributed by atoms with Crippen LogP contribution in [-0.2, 0) is 21.9 Å². The van der Waals surface area contributed by atoms with Crippen LogP contribution in [0.3, 0.4) is 0 Å². The van der Waals surface area contributed by atoms with Gasteiger partial charge < -0.3 is 10.6 Å². The third kappa shape index (κ3) is 5.87. The SMILES string of the molecule is CONC(=O)c1cnc(Nc2cccc(F)n2)cc1Nc1cccc(-c2cnn(C)c2)c1N(C)S(C)(=O)=O. The Hall–Kier alpha value is -4.56. The summed E-state index contributed by atoms with van der Waals surface area (Å²) in [6, 6.07) is 11.0. The molecular formula is C24H25FN8O4S. The van der Waals surface area contributed by atoms with Crippen molar-refractivity contribution >= 4 is 44.6 Å². The van der Waals surface area contributed by atoms with Gasteiger partial charge in [0.2, 0.25) is 16.0 Å². The van der Waals surface area contributed by atoms with Gasteiger partial charge >= 0.3 is 0 Å². The molecule has 0 aliphatic heterocycles. The maximum absolute atomic E-state index is 13.6. The maximum Gasteiger partial charge on any atom is 0.278 e. The lowest BCUT2D eigenvalue weighted by Crippen LogP contribution is -2.26. The van der Waals surface area contributed by atoms with Gasteiger partial charge in [-0.2, -0.15) is 9.49 Å². The number of hydroxylamine groups is 1. The Morgan fingerprint density at radius 1 is 1.08 bits per heavy atom. The molecule has 198 valence electrons. The van der Waals surface area contributed by atoms with E-state index in [-0.39, 0.29) is 22.9 Å². The number of amides is 1. The number of anilines is 5. The molecule has 38 heavy (non-hydrogen) atoms. The van der Waals surface area contributed by atoms with E-state index in [0.717, 1.165) is 10.6 Å². The van der Waals surface area contributed by atoms with Crippen molar-refractivity contribution in [1.82, 2.24) is 25.2 Å². The van der Waals surface area contributed by atoms with E-state index in [1.54, 1.807) is 48.4 Å². The molecule has 4 rings (SSSR count). The number of rotatable bonds is 9. The molecule has 0 radical (unpaired) electrons. The number of para-hydroxylation sites is 1. The van der Waals surface area contributed by atoms with Crippen molar-refractivity contribution in [2.45, 2.75) is 0 Å². The second-order valence-electron chi connectivity index (χ2n) is 8.18. The number of pyridine rings is 2. The average Bonchev–Trinajstić information content (AvgIpc) is 3.29. The highest BCUT2D eigenvalue weighted by Crippen LogP contribution is 2.39. The van der Waals surface area contributed by atoms with Gasteiger partial charge in [0.15, 0.2) is 0 Å². The van der Waals surface area contributed by atoms with Crippen LogP contribution in [0.15, 0.2) is 61.1 Å². The molecule has 3 heterocycles. The van der Waals surface area contributed by atoms with Crippen LogP contribution in [0.1, 0.15) is 10.4 Å². The van der Waals surface area contributed by atoms with Crippen LogP contribution in [0, 0.1) is 5.95 Å². The predicted octanol–water partition coefficient (Wildman–Crippen LogP) is 3.19. The first-order valence-electron chi connectivity index (χ1n) is 11.1. The lowest BCUT2D eigenvalue weighted by molar-refractivity contribution is 0.0538. The quantitative estimate of drug-likeness (QED) is 0.215. The monoisotopic (exact) mass is 540 g/mol. The molecular weight excluding hydrogens is 515 g/mol. The summed E-state index contributed by atoms with van der Waals surface area (Å²) in [5.41, 5.74) is 4.61. The van der Waals surface area contributed by atoms with Crippen molar-refractivity contribution in [1.29, 1.82) is 0 Å². The third-order valence-corrected chi connectivity index (χ3v) is 6.63. The van der Waals surface area contributed by atoms with Gasteiger partial charge in [-0.05, 0) is 18.2 Å². The number of nitrogens with zero attached hydrogens (tertiary/aromatic N) is 5. The van der Waals surface area contributed by atoms with E-state index >= 15 is 0 Å². The molecule has 12 nitrogen and oxygen atoms in total. The van der Waals surface area contributed by atoms with Crippen LogP contribution in [-0.4, -0.2) is 54.5 Å². The molecule has 0 fully saturated rings. The van der Waals surface area contributed by atoms with Crippen molar-refractivity contribution in [3.05, 3.63) is 72.6 Å². The van der Waals surface area contributed by atoms with E-state index in [1.165, 1.54) is 38.6 Å². The Labute approximate surface area is 218 Å². The molecule has 1 aromatic carbocycles. The molecule has 14 heteroatoms. The first-order chi connectivity index (χ1) is 18.1. The largest absolute Gasteiger partial charge is 0.353 e. The average molecular weight is 541 g/mol. The Bertz CT molecular complexity index is 1590. The van der Waals surface area contributed by atoms with Crippen LogP contribution in [0.5, 0.6) is 0 Å². The second kappa shape index (κ2) is 10.8. The number of halogens is 1. The molecule has 0 saturated carbocycles. The van der Waals surface area contributed by atoms with Gasteiger partial charge in [-0.3, -0.25) is 18.6 Å². The highest BCUT2D eigenvalue weighted by molar-refractivity contribution is 7.92. The van der Waals surface area contributed by atoms with E-state index in [4.69, 9.17) is 4.84 Å².